The Hall–Kier alpha value is -1.79. The van der Waals surface area contributed by atoms with Gasteiger partial charge in [0.2, 0.25) is 0 Å². The molecule has 1 aromatic rings. The summed E-state index contributed by atoms with van der Waals surface area (Å²) in [6, 6.07) is 2.95. The van der Waals surface area contributed by atoms with Gasteiger partial charge in [-0.15, -0.1) is 0 Å². The van der Waals surface area contributed by atoms with Gasteiger partial charge in [-0.2, -0.15) is 13.2 Å². The Labute approximate surface area is 100 Å². The van der Waals surface area contributed by atoms with Crippen LogP contribution in [0.2, 0.25) is 0 Å². The van der Waals surface area contributed by atoms with E-state index in [1.165, 1.54) is 6.07 Å². The zero-order valence-corrected chi connectivity index (χ0v) is 9.17. The molecule has 0 unspecified atom stereocenters. The standard InChI is InChI=1S/C11H10F4N2O/c12-6-4-17(5-6)10(18)8-2-1-7(16)3-9(8)11(13,14)15/h1-3,6H,4-5,16H2. The first-order valence-electron chi connectivity index (χ1n) is 5.19. The molecule has 1 saturated heterocycles. The molecule has 2 N–H and O–H groups in total. The third kappa shape index (κ3) is 2.25. The first kappa shape index (κ1) is 12.7. The van der Waals surface area contributed by atoms with Crippen molar-refractivity contribution in [2.24, 2.45) is 0 Å². The number of amides is 1. The largest absolute Gasteiger partial charge is 0.417 e. The third-order valence-corrected chi connectivity index (χ3v) is 2.70. The molecule has 1 aliphatic rings. The fourth-order valence-corrected chi connectivity index (χ4v) is 1.74. The second kappa shape index (κ2) is 4.15. The lowest BCUT2D eigenvalue weighted by Gasteiger charge is -2.34. The maximum atomic E-state index is 12.8. The summed E-state index contributed by atoms with van der Waals surface area (Å²) >= 11 is 0. The van der Waals surface area contributed by atoms with Gasteiger partial charge < -0.3 is 10.6 Å². The smallest absolute Gasteiger partial charge is 0.399 e. The van der Waals surface area contributed by atoms with Gasteiger partial charge in [-0.3, -0.25) is 4.79 Å². The van der Waals surface area contributed by atoms with Crippen LogP contribution >= 0.6 is 0 Å². The fraction of sp³-hybridized carbons (Fsp3) is 0.364. The van der Waals surface area contributed by atoms with Gasteiger partial charge in [0.1, 0.15) is 6.17 Å². The molecular weight excluding hydrogens is 252 g/mol. The lowest BCUT2D eigenvalue weighted by molar-refractivity contribution is -0.138. The van der Waals surface area contributed by atoms with Gasteiger partial charge in [0.25, 0.3) is 5.91 Å². The van der Waals surface area contributed by atoms with Crippen LogP contribution in [0, 0.1) is 0 Å². The van der Waals surface area contributed by atoms with E-state index in [4.69, 9.17) is 5.73 Å². The van der Waals surface area contributed by atoms with Gasteiger partial charge in [-0.25, -0.2) is 4.39 Å². The highest BCUT2D eigenvalue weighted by molar-refractivity contribution is 5.96. The summed E-state index contributed by atoms with van der Waals surface area (Å²) in [6.45, 7) is -0.332. The Morgan fingerprint density at radius 3 is 2.44 bits per heavy atom. The summed E-state index contributed by atoms with van der Waals surface area (Å²) in [4.78, 5) is 12.8. The number of anilines is 1. The molecule has 18 heavy (non-hydrogen) atoms. The van der Waals surface area contributed by atoms with E-state index in [9.17, 15) is 22.4 Å². The number of alkyl halides is 4. The average Bonchev–Trinajstić information content (AvgIpc) is 2.22. The van der Waals surface area contributed by atoms with Gasteiger partial charge in [-0.05, 0) is 18.2 Å². The molecule has 7 heteroatoms. The zero-order valence-electron chi connectivity index (χ0n) is 9.17. The number of carbonyl (C=O) groups is 1. The normalized spacial score (nSPS) is 16.6. The molecule has 3 nitrogen and oxygen atoms in total. The summed E-state index contributed by atoms with van der Waals surface area (Å²) in [5.74, 6) is -0.823. The predicted octanol–water partition coefficient (Wildman–Crippen LogP) is 2.08. The molecule has 98 valence electrons. The van der Waals surface area contributed by atoms with Crippen LogP contribution in [0.5, 0.6) is 0 Å². The van der Waals surface area contributed by atoms with E-state index >= 15 is 0 Å². The van der Waals surface area contributed by atoms with Crippen molar-refractivity contribution in [1.29, 1.82) is 0 Å². The number of hydrogen-bond acceptors (Lipinski definition) is 2. The summed E-state index contributed by atoms with van der Waals surface area (Å²) in [7, 11) is 0. The quantitative estimate of drug-likeness (QED) is 0.622. The van der Waals surface area contributed by atoms with E-state index in [0.717, 1.165) is 11.0 Å². The molecule has 0 aromatic heterocycles. The minimum absolute atomic E-state index is 0.0779. The molecule has 0 saturated carbocycles. The van der Waals surface area contributed by atoms with Gasteiger partial charge in [0.05, 0.1) is 24.2 Å². The van der Waals surface area contributed by atoms with Gasteiger partial charge >= 0.3 is 6.18 Å². The number of nitrogen functional groups attached to an aromatic ring is 1. The van der Waals surface area contributed by atoms with Crippen molar-refractivity contribution in [1.82, 2.24) is 4.90 Å². The third-order valence-electron chi connectivity index (χ3n) is 2.70. The van der Waals surface area contributed by atoms with E-state index < -0.39 is 29.4 Å². The van der Waals surface area contributed by atoms with Crippen molar-refractivity contribution in [3.8, 4) is 0 Å². The molecule has 1 fully saturated rings. The van der Waals surface area contributed by atoms with Crippen LogP contribution in [0.4, 0.5) is 23.2 Å². The van der Waals surface area contributed by atoms with Crippen LogP contribution in [0.15, 0.2) is 18.2 Å². The number of likely N-dealkylation sites (tertiary alicyclic amines) is 1. The molecule has 0 bridgehead atoms. The second-order valence-electron chi connectivity index (χ2n) is 4.11. The minimum Gasteiger partial charge on any atom is -0.399 e. The Morgan fingerprint density at radius 2 is 1.94 bits per heavy atom. The van der Waals surface area contributed by atoms with Gasteiger partial charge in [0.15, 0.2) is 0 Å². The number of nitrogens with two attached hydrogens (primary N) is 1. The highest BCUT2D eigenvalue weighted by atomic mass is 19.4. The van der Waals surface area contributed by atoms with Crippen LogP contribution in [0.25, 0.3) is 0 Å². The molecule has 0 radical (unpaired) electrons. The number of benzene rings is 1. The van der Waals surface area contributed by atoms with E-state index in [1.54, 1.807) is 0 Å². The number of nitrogens with zero attached hydrogens (tertiary/aromatic N) is 1. The second-order valence-corrected chi connectivity index (χ2v) is 4.11. The molecule has 1 aromatic carbocycles. The van der Waals surface area contributed by atoms with E-state index in [1.807, 2.05) is 0 Å². The molecular formula is C11H10F4N2O. The SMILES string of the molecule is Nc1ccc(C(=O)N2CC(F)C2)c(C(F)(F)F)c1. The highest BCUT2D eigenvalue weighted by Gasteiger charge is 2.39. The lowest BCUT2D eigenvalue weighted by Crippen LogP contribution is -2.51. The van der Waals surface area contributed by atoms with Crippen molar-refractivity contribution >= 4 is 11.6 Å². The summed E-state index contributed by atoms with van der Waals surface area (Å²) in [5, 5.41) is 0. The first-order valence-corrected chi connectivity index (χ1v) is 5.19. The number of carbonyl (C=O) groups excluding carboxylic acids is 1. The maximum Gasteiger partial charge on any atom is 0.417 e. The molecule has 0 atom stereocenters. The molecule has 1 amide bonds. The van der Waals surface area contributed by atoms with Crippen LogP contribution < -0.4 is 5.73 Å². The Bertz CT molecular complexity index is 480. The highest BCUT2D eigenvalue weighted by Crippen LogP contribution is 2.34. The average molecular weight is 262 g/mol. The summed E-state index contributed by atoms with van der Waals surface area (Å²) in [5.41, 5.74) is 3.62. The molecule has 2 rings (SSSR count). The monoisotopic (exact) mass is 262 g/mol. The molecule has 1 heterocycles. The number of hydrogen-bond donors (Lipinski definition) is 1. The topological polar surface area (TPSA) is 46.3 Å². The van der Waals surface area contributed by atoms with E-state index in [-0.39, 0.29) is 18.8 Å². The van der Waals surface area contributed by atoms with Crippen molar-refractivity contribution in [3.63, 3.8) is 0 Å². The van der Waals surface area contributed by atoms with Crippen molar-refractivity contribution in [3.05, 3.63) is 29.3 Å². The Balaban J connectivity index is 2.35. The van der Waals surface area contributed by atoms with E-state index in [0.29, 0.717) is 6.07 Å². The molecule has 0 spiro atoms. The fourth-order valence-electron chi connectivity index (χ4n) is 1.74. The van der Waals surface area contributed by atoms with Crippen molar-refractivity contribution in [2.75, 3.05) is 18.8 Å². The minimum atomic E-state index is -4.67. The maximum absolute atomic E-state index is 12.8. The summed E-state index contributed by atoms with van der Waals surface area (Å²) < 4.78 is 50.9. The zero-order chi connectivity index (χ0) is 13.5. The first-order chi connectivity index (χ1) is 8.29. The Kier molecular flexibility index (Phi) is 2.92. The van der Waals surface area contributed by atoms with Gasteiger partial charge in [-0.1, -0.05) is 0 Å². The van der Waals surface area contributed by atoms with E-state index in [2.05, 4.69) is 0 Å². The van der Waals surface area contributed by atoms with Crippen LogP contribution in [-0.2, 0) is 6.18 Å². The van der Waals surface area contributed by atoms with Crippen LogP contribution in [0.3, 0.4) is 0 Å². The summed E-state index contributed by atoms with van der Waals surface area (Å²) in [6.07, 6.45) is -5.82. The lowest BCUT2D eigenvalue weighted by atomic mass is 10.0. The van der Waals surface area contributed by atoms with Crippen LogP contribution in [-0.4, -0.2) is 30.1 Å². The molecule has 0 aliphatic carbocycles. The Morgan fingerprint density at radius 1 is 1.33 bits per heavy atom. The predicted molar refractivity (Wildman–Crippen MR) is 56.7 cm³/mol. The van der Waals surface area contributed by atoms with Crippen molar-refractivity contribution in [2.45, 2.75) is 12.3 Å². The molecule has 1 aliphatic heterocycles. The van der Waals surface area contributed by atoms with Crippen molar-refractivity contribution < 1.29 is 22.4 Å². The number of rotatable bonds is 1. The van der Waals surface area contributed by atoms with Gasteiger partial charge in [0, 0.05) is 5.69 Å². The van der Waals surface area contributed by atoms with Crippen LogP contribution in [0.1, 0.15) is 15.9 Å². The number of halogens is 4.